The largest absolute Gasteiger partial charge is 0.379 e. The Balaban J connectivity index is 1.84. The van der Waals surface area contributed by atoms with Gasteiger partial charge in [0, 0.05) is 13.1 Å². The number of hydrogen-bond donors (Lipinski definition) is 2. The van der Waals surface area contributed by atoms with Crippen molar-refractivity contribution in [2.75, 3.05) is 33.0 Å². The van der Waals surface area contributed by atoms with Crippen LogP contribution >= 0.6 is 11.6 Å². The van der Waals surface area contributed by atoms with E-state index in [0.29, 0.717) is 26.3 Å². The van der Waals surface area contributed by atoms with Crippen LogP contribution in [-0.4, -0.2) is 57.2 Å². The molecule has 0 aliphatic carbocycles. The highest BCUT2D eigenvalue weighted by Crippen LogP contribution is 2.36. The third-order valence-electron chi connectivity index (χ3n) is 5.38. The van der Waals surface area contributed by atoms with Crippen LogP contribution < -0.4 is 5.32 Å². The van der Waals surface area contributed by atoms with Crippen LogP contribution in [0.2, 0.25) is 5.02 Å². The average molecular weight is 480 g/mol. The van der Waals surface area contributed by atoms with Gasteiger partial charge >= 0.3 is 0 Å². The highest BCUT2D eigenvalue weighted by atomic mass is 35.5. The number of aromatic nitrogens is 1. The van der Waals surface area contributed by atoms with E-state index < -0.39 is 26.5 Å². The Morgan fingerprint density at radius 3 is 2.50 bits per heavy atom. The molecule has 1 aliphatic heterocycles. The topological polar surface area (TPSA) is 91.5 Å². The molecule has 0 unspecified atom stereocenters. The quantitative estimate of drug-likeness (QED) is 0.585. The normalized spacial score (nSPS) is 15.2. The molecule has 0 bridgehead atoms. The molecule has 170 valence electrons. The summed E-state index contributed by atoms with van der Waals surface area (Å²) in [6.07, 6.45) is 0. The minimum absolute atomic E-state index is 0.0162. The second-order valence-corrected chi connectivity index (χ2v) is 10.1. The number of ether oxygens (including phenoxy) is 1. The molecule has 2 aromatic carbocycles. The van der Waals surface area contributed by atoms with E-state index in [2.05, 4.69) is 10.3 Å². The number of amides is 1. The highest BCUT2D eigenvalue weighted by Gasteiger charge is 2.32. The van der Waals surface area contributed by atoms with Crippen molar-refractivity contribution in [1.82, 2.24) is 15.2 Å². The zero-order valence-corrected chi connectivity index (χ0v) is 19.2. The molecule has 2 N–H and O–H groups in total. The Kier molecular flexibility index (Phi) is 6.26. The number of aromatic amines is 1. The maximum atomic E-state index is 15.0. The van der Waals surface area contributed by atoms with Crippen LogP contribution in [0.1, 0.15) is 21.6 Å². The van der Waals surface area contributed by atoms with Crippen molar-refractivity contribution in [3.05, 3.63) is 58.0 Å². The van der Waals surface area contributed by atoms with Crippen LogP contribution in [0.4, 0.5) is 4.39 Å². The summed E-state index contributed by atoms with van der Waals surface area (Å²) in [5.41, 5.74) is 1.42. The van der Waals surface area contributed by atoms with Gasteiger partial charge in [0.2, 0.25) is 9.84 Å². The van der Waals surface area contributed by atoms with E-state index in [1.54, 1.807) is 13.8 Å². The number of sulfone groups is 1. The lowest BCUT2D eigenvalue weighted by Crippen LogP contribution is -2.44. The molecule has 32 heavy (non-hydrogen) atoms. The van der Waals surface area contributed by atoms with E-state index >= 15 is 4.39 Å². The van der Waals surface area contributed by atoms with Crippen LogP contribution in [0.5, 0.6) is 0 Å². The van der Waals surface area contributed by atoms with Crippen molar-refractivity contribution >= 4 is 38.2 Å². The summed E-state index contributed by atoms with van der Waals surface area (Å²) >= 11 is 5.95. The Morgan fingerprint density at radius 2 is 1.84 bits per heavy atom. The maximum absolute atomic E-state index is 15.0. The third-order valence-corrected chi connectivity index (χ3v) is 7.47. The fourth-order valence-electron chi connectivity index (χ4n) is 3.86. The number of nitrogens with zero attached hydrogens (tertiary/aromatic N) is 1. The van der Waals surface area contributed by atoms with Crippen molar-refractivity contribution in [2.24, 2.45) is 0 Å². The number of morpholine rings is 1. The van der Waals surface area contributed by atoms with Gasteiger partial charge in [0.15, 0.2) is 5.82 Å². The third kappa shape index (κ3) is 4.25. The molecule has 1 fully saturated rings. The molecule has 2 heterocycles. The van der Waals surface area contributed by atoms with Gasteiger partial charge < -0.3 is 15.0 Å². The van der Waals surface area contributed by atoms with Gasteiger partial charge in [0.05, 0.1) is 40.7 Å². The molecular weight excluding hydrogens is 457 g/mol. The van der Waals surface area contributed by atoms with Crippen molar-refractivity contribution in [3.63, 3.8) is 0 Å². The molecule has 0 saturated carbocycles. The van der Waals surface area contributed by atoms with Crippen molar-refractivity contribution in [1.29, 1.82) is 0 Å². The number of fused-ring (bicyclic) bond motifs is 1. The SMILES string of the molecule is Cc1cc(C)cc(S(=O)(=O)c2c(C(=O)NCN3CCOCC3)[nH]c3ccc(Cl)c(F)c23)c1. The second kappa shape index (κ2) is 8.82. The van der Waals surface area contributed by atoms with E-state index in [-0.39, 0.29) is 33.2 Å². The van der Waals surface area contributed by atoms with Crippen LogP contribution in [0.15, 0.2) is 40.1 Å². The lowest BCUT2D eigenvalue weighted by molar-refractivity contribution is 0.0334. The minimum Gasteiger partial charge on any atom is -0.379 e. The van der Waals surface area contributed by atoms with Gasteiger partial charge in [0.1, 0.15) is 10.6 Å². The zero-order valence-electron chi connectivity index (χ0n) is 17.7. The molecule has 7 nitrogen and oxygen atoms in total. The molecule has 10 heteroatoms. The van der Waals surface area contributed by atoms with Gasteiger partial charge in [-0.15, -0.1) is 0 Å². The Labute approximate surface area is 190 Å². The van der Waals surface area contributed by atoms with E-state index in [1.807, 2.05) is 11.0 Å². The first kappa shape index (κ1) is 22.7. The smallest absolute Gasteiger partial charge is 0.270 e. The standard InChI is InChI=1S/C22H23ClFN3O4S/c1-13-9-14(2)11-15(10-13)32(29,30)21-18-17(4-3-16(23)19(18)24)26-20(21)22(28)25-12-27-5-7-31-8-6-27/h3-4,9-11,26H,5-8,12H2,1-2H3,(H,25,28). The summed E-state index contributed by atoms with van der Waals surface area (Å²) < 4.78 is 47.7. The summed E-state index contributed by atoms with van der Waals surface area (Å²) in [5.74, 6) is -1.54. The van der Waals surface area contributed by atoms with Gasteiger partial charge in [-0.25, -0.2) is 12.8 Å². The number of hydrogen-bond acceptors (Lipinski definition) is 5. The Bertz CT molecular complexity index is 1280. The Morgan fingerprint density at radius 1 is 1.19 bits per heavy atom. The molecule has 4 rings (SSSR count). The van der Waals surface area contributed by atoms with E-state index in [1.165, 1.54) is 24.3 Å². The van der Waals surface area contributed by atoms with Crippen molar-refractivity contribution in [3.8, 4) is 0 Å². The number of H-pyrrole nitrogens is 1. The second-order valence-electron chi connectivity index (χ2n) is 7.83. The highest BCUT2D eigenvalue weighted by molar-refractivity contribution is 7.91. The van der Waals surface area contributed by atoms with Gasteiger partial charge in [-0.3, -0.25) is 9.69 Å². The van der Waals surface area contributed by atoms with Crippen LogP contribution in [0.25, 0.3) is 10.9 Å². The first-order valence-electron chi connectivity index (χ1n) is 10.1. The molecule has 1 aliphatic rings. The number of carbonyl (C=O) groups is 1. The Hall–Kier alpha value is -2.46. The molecule has 0 spiro atoms. The minimum atomic E-state index is -4.25. The number of aryl methyl sites for hydroxylation is 2. The van der Waals surface area contributed by atoms with E-state index in [0.717, 1.165) is 11.1 Å². The number of halogens is 2. The van der Waals surface area contributed by atoms with Gasteiger partial charge in [0.25, 0.3) is 5.91 Å². The molecule has 1 aromatic heterocycles. The van der Waals surface area contributed by atoms with Crippen molar-refractivity contribution < 1.29 is 22.3 Å². The van der Waals surface area contributed by atoms with Crippen LogP contribution in [-0.2, 0) is 14.6 Å². The van der Waals surface area contributed by atoms with Crippen LogP contribution in [0.3, 0.4) is 0 Å². The summed E-state index contributed by atoms with van der Waals surface area (Å²) in [7, 11) is -4.25. The number of benzene rings is 2. The summed E-state index contributed by atoms with van der Waals surface area (Å²) in [4.78, 5) is 17.4. The number of carbonyl (C=O) groups excluding carboxylic acids is 1. The number of nitrogens with one attached hydrogen (secondary N) is 2. The first-order chi connectivity index (χ1) is 15.2. The summed E-state index contributed by atoms with van der Waals surface area (Å²) in [6.45, 7) is 6.15. The monoisotopic (exact) mass is 479 g/mol. The molecular formula is C22H23ClFN3O4S. The average Bonchev–Trinajstić information content (AvgIpc) is 3.16. The fourth-order valence-corrected chi connectivity index (χ4v) is 5.82. The molecule has 0 radical (unpaired) electrons. The fraction of sp³-hybridized carbons (Fsp3) is 0.318. The predicted octanol–water partition coefficient (Wildman–Crippen LogP) is 3.43. The predicted molar refractivity (Wildman–Crippen MR) is 119 cm³/mol. The van der Waals surface area contributed by atoms with Crippen LogP contribution in [0, 0.1) is 19.7 Å². The van der Waals surface area contributed by atoms with Crippen molar-refractivity contribution in [2.45, 2.75) is 23.6 Å². The van der Waals surface area contributed by atoms with E-state index in [4.69, 9.17) is 16.3 Å². The lowest BCUT2D eigenvalue weighted by atomic mass is 10.2. The van der Waals surface area contributed by atoms with Gasteiger partial charge in [-0.05, 0) is 49.2 Å². The summed E-state index contributed by atoms with van der Waals surface area (Å²) in [6, 6.07) is 7.61. The van der Waals surface area contributed by atoms with E-state index in [9.17, 15) is 13.2 Å². The summed E-state index contributed by atoms with van der Waals surface area (Å²) in [5, 5.41) is 2.27. The molecule has 3 aromatic rings. The lowest BCUT2D eigenvalue weighted by Gasteiger charge is -2.26. The van der Waals surface area contributed by atoms with Gasteiger partial charge in [-0.1, -0.05) is 17.7 Å². The maximum Gasteiger partial charge on any atom is 0.270 e. The zero-order chi connectivity index (χ0) is 23.0. The van der Waals surface area contributed by atoms with Gasteiger partial charge in [-0.2, -0.15) is 0 Å². The first-order valence-corrected chi connectivity index (χ1v) is 12.0. The molecule has 0 atom stereocenters. The molecule has 1 amide bonds. The molecule has 1 saturated heterocycles. The number of rotatable bonds is 5.